The number of nitro benzene ring substituents is 1. The molecule has 39 heavy (non-hydrogen) atoms. The van der Waals surface area contributed by atoms with Crippen LogP contribution in [0, 0.1) is 10.1 Å². The van der Waals surface area contributed by atoms with E-state index in [0.29, 0.717) is 80.4 Å². The zero-order chi connectivity index (χ0) is 27.5. The SMILES string of the molecule is COc1cc2c(cc1CCC(=O)N1CCOCC1)NC1=C(CCC(c3ccc([N+](=O)[O-])c(OC)c3)=C1)C(=O)N2. The van der Waals surface area contributed by atoms with E-state index in [1.165, 1.54) is 13.2 Å². The number of fused-ring (bicyclic) bond motifs is 1. The minimum Gasteiger partial charge on any atom is -0.496 e. The van der Waals surface area contributed by atoms with E-state index in [0.717, 1.165) is 16.7 Å². The molecule has 0 spiro atoms. The monoisotopic (exact) mass is 534 g/mol. The van der Waals surface area contributed by atoms with E-state index in [2.05, 4.69) is 10.6 Å². The number of aryl methyl sites for hydroxylation is 1. The predicted octanol–water partition coefficient (Wildman–Crippen LogP) is 3.90. The smallest absolute Gasteiger partial charge is 0.310 e. The van der Waals surface area contributed by atoms with Crippen LogP contribution in [0.4, 0.5) is 17.1 Å². The minimum atomic E-state index is -0.479. The number of carbonyl (C=O) groups excluding carboxylic acids is 2. The zero-order valence-corrected chi connectivity index (χ0v) is 21.9. The van der Waals surface area contributed by atoms with Crippen molar-refractivity contribution in [2.24, 2.45) is 0 Å². The van der Waals surface area contributed by atoms with Crippen LogP contribution in [0.5, 0.6) is 11.5 Å². The highest BCUT2D eigenvalue weighted by molar-refractivity contribution is 6.09. The Bertz CT molecular complexity index is 1390. The summed E-state index contributed by atoms with van der Waals surface area (Å²) in [5.41, 5.74) is 5.01. The Labute approximate surface area is 225 Å². The van der Waals surface area contributed by atoms with E-state index in [-0.39, 0.29) is 23.3 Å². The first-order valence-electron chi connectivity index (χ1n) is 12.8. The van der Waals surface area contributed by atoms with Gasteiger partial charge in [-0.3, -0.25) is 19.7 Å². The number of benzene rings is 2. The standard InChI is InChI=1S/C28H30N4O7/c1-37-25-16-23-22(14-19(25)5-8-27(33)31-9-11-39-12-10-31)29-21-13-17(3-6-20(21)28(34)30-23)18-4-7-24(32(35)36)26(15-18)38-2/h4,7,13-16,29H,3,5-6,8-12H2,1-2H3,(H,30,34). The van der Waals surface area contributed by atoms with Crippen molar-refractivity contribution in [2.45, 2.75) is 25.7 Å². The van der Waals surface area contributed by atoms with Gasteiger partial charge in [-0.15, -0.1) is 0 Å². The molecule has 1 fully saturated rings. The lowest BCUT2D eigenvalue weighted by molar-refractivity contribution is -0.385. The Hall–Kier alpha value is -4.38. The first-order valence-corrected chi connectivity index (χ1v) is 12.8. The van der Waals surface area contributed by atoms with Gasteiger partial charge in [-0.2, -0.15) is 0 Å². The van der Waals surface area contributed by atoms with Crippen molar-refractivity contribution >= 4 is 34.4 Å². The summed E-state index contributed by atoms with van der Waals surface area (Å²) >= 11 is 0. The number of allylic oxidation sites excluding steroid dienone is 2. The van der Waals surface area contributed by atoms with Crippen molar-refractivity contribution < 1.29 is 28.7 Å². The van der Waals surface area contributed by atoms with Gasteiger partial charge < -0.3 is 29.7 Å². The van der Waals surface area contributed by atoms with Gasteiger partial charge in [-0.1, -0.05) is 0 Å². The number of hydrogen-bond donors (Lipinski definition) is 2. The first kappa shape index (κ1) is 26.2. The lowest BCUT2D eigenvalue weighted by atomic mass is 9.90. The normalized spacial score (nSPS) is 16.7. The fourth-order valence-corrected chi connectivity index (χ4v) is 5.10. The third kappa shape index (κ3) is 5.44. The molecule has 2 amide bonds. The Kier molecular flexibility index (Phi) is 7.51. The van der Waals surface area contributed by atoms with E-state index in [1.54, 1.807) is 25.3 Å². The van der Waals surface area contributed by atoms with Crippen LogP contribution in [0.15, 0.2) is 47.7 Å². The maximum absolute atomic E-state index is 13.1. The molecule has 5 rings (SSSR count). The molecule has 2 N–H and O–H groups in total. The molecular formula is C28H30N4O7. The Balaban J connectivity index is 1.42. The third-order valence-corrected chi connectivity index (χ3v) is 7.22. The molecule has 1 saturated heterocycles. The molecule has 0 unspecified atom stereocenters. The van der Waals surface area contributed by atoms with Crippen molar-refractivity contribution in [3.8, 4) is 11.5 Å². The second-order valence-electron chi connectivity index (χ2n) is 9.49. The van der Waals surface area contributed by atoms with Crippen LogP contribution >= 0.6 is 0 Å². The second-order valence-corrected chi connectivity index (χ2v) is 9.49. The summed E-state index contributed by atoms with van der Waals surface area (Å²) in [6.45, 7) is 2.30. The summed E-state index contributed by atoms with van der Waals surface area (Å²) < 4.78 is 16.2. The highest BCUT2D eigenvalue weighted by atomic mass is 16.6. The highest BCUT2D eigenvalue weighted by Gasteiger charge is 2.27. The van der Waals surface area contributed by atoms with Crippen LogP contribution in [-0.4, -0.2) is 62.2 Å². The number of rotatable bonds is 7. The minimum absolute atomic E-state index is 0.0694. The predicted molar refractivity (Wildman–Crippen MR) is 145 cm³/mol. The Morgan fingerprint density at radius 1 is 1.05 bits per heavy atom. The number of hydrogen-bond acceptors (Lipinski definition) is 8. The summed E-state index contributed by atoms with van der Waals surface area (Å²) in [7, 11) is 2.97. The number of anilines is 2. The molecule has 2 heterocycles. The molecule has 2 aliphatic heterocycles. The zero-order valence-electron chi connectivity index (χ0n) is 21.9. The van der Waals surface area contributed by atoms with Gasteiger partial charge in [0.1, 0.15) is 5.75 Å². The maximum atomic E-state index is 13.1. The van der Waals surface area contributed by atoms with E-state index >= 15 is 0 Å². The molecule has 2 aromatic carbocycles. The van der Waals surface area contributed by atoms with E-state index < -0.39 is 4.92 Å². The van der Waals surface area contributed by atoms with Gasteiger partial charge in [0.15, 0.2) is 5.75 Å². The van der Waals surface area contributed by atoms with Gasteiger partial charge >= 0.3 is 5.69 Å². The molecule has 11 heteroatoms. The molecule has 0 aromatic heterocycles. The lowest BCUT2D eigenvalue weighted by Gasteiger charge is -2.27. The molecule has 2 aromatic rings. The lowest BCUT2D eigenvalue weighted by Crippen LogP contribution is -2.40. The summed E-state index contributed by atoms with van der Waals surface area (Å²) in [6.07, 6.45) is 3.80. The van der Waals surface area contributed by atoms with E-state index in [4.69, 9.17) is 14.2 Å². The topological polar surface area (TPSA) is 132 Å². The highest BCUT2D eigenvalue weighted by Crippen LogP contribution is 2.40. The number of carbonyl (C=O) groups is 2. The number of nitro groups is 1. The molecule has 0 radical (unpaired) electrons. The summed E-state index contributed by atoms with van der Waals surface area (Å²) in [4.78, 5) is 38.5. The Morgan fingerprint density at radius 2 is 1.79 bits per heavy atom. The summed E-state index contributed by atoms with van der Waals surface area (Å²) in [6, 6.07) is 8.46. The quantitative estimate of drug-likeness (QED) is 0.404. The number of morpholine rings is 1. The number of nitrogens with zero attached hydrogens (tertiary/aromatic N) is 2. The van der Waals surface area contributed by atoms with Crippen molar-refractivity contribution in [1.82, 2.24) is 4.90 Å². The van der Waals surface area contributed by atoms with Crippen LogP contribution in [0.3, 0.4) is 0 Å². The second kappa shape index (κ2) is 11.2. The molecule has 1 aliphatic carbocycles. The molecule has 3 aliphatic rings. The molecule has 0 bridgehead atoms. The van der Waals surface area contributed by atoms with Crippen LogP contribution in [0.25, 0.3) is 5.57 Å². The Morgan fingerprint density at radius 3 is 2.51 bits per heavy atom. The molecule has 204 valence electrons. The molecule has 0 saturated carbocycles. The van der Waals surface area contributed by atoms with Gasteiger partial charge in [0, 0.05) is 42.9 Å². The van der Waals surface area contributed by atoms with Crippen LogP contribution in [0.1, 0.15) is 30.4 Å². The van der Waals surface area contributed by atoms with Crippen molar-refractivity contribution in [1.29, 1.82) is 0 Å². The van der Waals surface area contributed by atoms with Crippen molar-refractivity contribution in [2.75, 3.05) is 51.2 Å². The van der Waals surface area contributed by atoms with Crippen LogP contribution in [0.2, 0.25) is 0 Å². The van der Waals surface area contributed by atoms with Crippen molar-refractivity contribution in [3.05, 3.63) is 68.9 Å². The van der Waals surface area contributed by atoms with E-state index in [1.807, 2.05) is 17.0 Å². The third-order valence-electron chi connectivity index (χ3n) is 7.22. The summed E-state index contributed by atoms with van der Waals surface area (Å²) in [5.74, 6) is 0.642. The fraction of sp³-hybridized carbons (Fsp3) is 0.357. The van der Waals surface area contributed by atoms with Gasteiger partial charge in [-0.05, 0) is 60.2 Å². The number of amides is 2. The molecular weight excluding hydrogens is 504 g/mol. The van der Waals surface area contributed by atoms with Crippen molar-refractivity contribution in [3.63, 3.8) is 0 Å². The van der Waals surface area contributed by atoms with E-state index in [9.17, 15) is 19.7 Å². The van der Waals surface area contributed by atoms with Crippen LogP contribution < -0.4 is 20.1 Å². The summed E-state index contributed by atoms with van der Waals surface area (Å²) in [5, 5.41) is 17.7. The number of ether oxygens (including phenoxy) is 3. The van der Waals surface area contributed by atoms with Gasteiger partial charge in [0.2, 0.25) is 5.91 Å². The molecule has 0 atom stereocenters. The average Bonchev–Trinajstić information content (AvgIpc) is 3.09. The number of nitrogens with one attached hydrogen (secondary N) is 2. The molecule has 11 nitrogen and oxygen atoms in total. The van der Waals surface area contributed by atoms with Gasteiger partial charge in [0.05, 0.1) is 43.7 Å². The first-order chi connectivity index (χ1) is 18.9. The maximum Gasteiger partial charge on any atom is 0.310 e. The van der Waals surface area contributed by atoms with Gasteiger partial charge in [0.25, 0.3) is 5.91 Å². The van der Waals surface area contributed by atoms with Crippen LogP contribution in [-0.2, 0) is 20.7 Å². The fourth-order valence-electron chi connectivity index (χ4n) is 5.10. The largest absolute Gasteiger partial charge is 0.496 e. The number of methoxy groups -OCH3 is 2. The average molecular weight is 535 g/mol. The van der Waals surface area contributed by atoms with Gasteiger partial charge in [-0.25, -0.2) is 0 Å².